The van der Waals surface area contributed by atoms with E-state index in [2.05, 4.69) is 11.9 Å². The van der Waals surface area contributed by atoms with Gasteiger partial charge in [0, 0.05) is 6.54 Å². The first-order valence-corrected chi connectivity index (χ1v) is 4.98. The van der Waals surface area contributed by atoms with Gasteiger partial charge in [0.15, 0.2) is 0 Å². The molecule has 0 atom stereocenters. The number of rotatable bonds is 7. The number of likely N-dealkylation sites (N-methyl/N-ethyl adjacent to an activating group) is 1. The number of hydrogen-bond acceptors (Lipinski definition) is 3. The van der Waals surface area contributed by atoms with Gasteiger partial charge in [0.1, 0.15) is 0 Å². The van der Waals surface area contributed by atoms with Crippen molar-refractivity contribution in [3.05, 3.63) is 12.2 Å². The average Bonchev–Trinajstić information content (AvgIpc) is 2.02. The zero-order chi connectivity index (χ0) is 11.0. The zero-order valence-corrected chi connectivity index (χ0v) is 9.85. The second-order valence-electron chi connectivity index (χ2n) is 4.29. The van der Waals surface area contributed by atoms with Crippen LogP contribution >= 0.6 is 0 Å². The van der Waals surface area contributed by atoms with E-state index >= 15 is 0 Å². The normalized spacial score (nSPS) is 11.7. The smallest absolute Gasteiger partial charge is 0.0707 e. The van der Waals surface area contributed by atoms with Crippen molar-refractivity contribution < 1.29 is 9.47 Å². The summed E-state index contributed by atoms with van der Waals surface area (Å²) in [5.41, 5.74) is 0.981. The number of ether oxygens (including phenoxy) is 2. The maximum Gasteiger partial charge on any atom is 0.0707 e. The van der Waals surface area contributed by atoms with Crippen molar-refractivity contribution in [1.82, 2.24) is 5.32 Å². The van der Waals surface area contributed by atoms with Gasteiger partial charge in [0.25, 0.3) is 0 Å². The highest BCUT2D eigenvalue weighted by molar-refractivity contribution is 4.96. The van der Waals surface area contributed by atoms with Gasteiger partial charge < -0.3 is 14.8 Å². The summed E-state index contributed by atoms with van der Waals surface area (Å²) >= 11 is 0. The lowest BCUT2D eigenvalue weighted by atomic mass is 10.2. The van der Waals surface area contributed by atoms with E-state index in [0.717, 1.165) is 12.1 Å². The van der Waals surface area contributed by atoms with Crippen LogP contribution in [0.4, 0.5) is 0 Å². The molecule has 0 unspecified atom stereocenters. The molecule has 0 spiro atoms. The molecule has 0 rings (SSSR count). The van der Waals surface area contributed by atoms with E-state index in [4.69, 9.17) is 9.47 Å². The molecule has 0 saturated carbocycles. The molecule has 0 saturated heterocycles. The topological polar surface area (TPSA) is 30.5 Å². The third kappa shape index (κ3) is 9.71. The van der Waals surface area contributed by atoms with Crippen molar-refractivity contribution >= 4 is 0 Å². The number of hydrogen-bond donors (Lipinski definition) is 1. The zero-order valence-electron chi connectivity index (χ0n) is 9.85. The van der Waals surface area contributed by atoms with Gasteiger partial charge in [-0.25, -0.2) is 0 Å². The summed E-state index contributed by atoms with van der Waals surface area (Å²) in [4.78, 5) is 0. The predicted octanol–water partition coefficient (Wildman–Crippen LogP) is 1.59. The molecular weight excluding hydrogens is 178 g/mol. The minimum Gasteiger partial charge on any atom is -0.375 e. The monoisotopic (exact) mass is 201 g/mol. The predicted molar refractivity (Wildman–Crippen MR) is 59.6 cm³/mol. The van der Waals surface area contributed by atoms with E-state index < -0.39 is 0 Å². The standard InChI is InChI=1S/C11H23NO2/c1-10(8-12-5)9-13-6-7-14-11(2,3)4/h12H,1,6-9H2,2-5H3. The minimum absolute atomic E-state index is 0.0780. The summed E-state index contributed by atoms with van der Waals surface area (Å²) in [5, 5.41) is 3.02. The Morgan fingerprint density at radius 3 is 2.43 bits per heavy atom. The summed E-state index contributed by atoms with van der Waals surface area (Å²) in [6, 6.07) is 0. The van der Waals surface area contributed by atoms with Gasteiger partial charge in [-0.1, -0.05) is 6.58 Å². The first-order valence-electron chi connectivity index (χ1n) is 4.98. The fourth-order valence-electron chi connectivity index (χ4n) is 0.924. The summed E-state index contributed by atoms with van der Waals surface area (Å²) in [6.45, 7) is 12.6. The molecule has 0 fully saturated rings. The molecule has 0 aliphatic carbocycles. The quantitative estimate of drug-likeness (QED) is 0.501. The van der Waals surface area contributed by atoms with Crippen LogP contribution in [0.3, 0.4) is 0 Å². The van der Waals surface area contributed by atoms with Crippen molar-refractivity contribution in [2.24, 2.45) is 0 Å². The molecule has 0 heterocycles. The third-order valence-corrected chi connectivity index (χ3v) is 1.50. The molecule has 0 aromatic heterocycles. The van der Waals surface area contributed by atoms with E-state index in [1.165, 1.54) is 0 Å². The summed E-state index contributed by atoms with van der Waals surface area (Å²) in [5.74, 6) is 0. The lowest BCUT2D eigenvalue weighted by Gasteiger charge is -2.19. The highest BCUT2D eigenvalue weighted by Gasteiger charge is 2.08. The highest BCUT2D eigenvalue weighted by atomic mass is 16.5. The molecule has 3 heteroatoms. The largest absolute Gasteiger partial charge is 0.375 e. The van der Waals surface area contributed by atoms with Crippen LogP contribution in [0.25, 0.3) is 0 Å². The molecule has 0 aliphatic rings. The average molecular weight is 201 g/mol. The fourth-order valence-corrected chi connectivity index (χ4v) is 0.924. The van der Waals surface area contributed by atoms with Crippen LogP contribution in [-0.2, 0) is 9.47 Å². The van der Waals surface area contributed by atoms with E-state index in [9.17, 15) is 0 Å². The molecule has 0 amide bonds. The van der Waals surface area contributed by atoms with Gasteiger partial charge in [-0.2, -0.15) is 0 Å². The molecule has 0 aromatic rings. The van der Waals surface area contributed by atoms with Gasteiger partial charge >= 0.3 is 0 Å². The van der Waals surface area contributed by atoms with Crippen LogP contribution in [0.2, 0.25) is 0 Å². The Labute approximate surface area is 87.5 Å². The first kappa shape index (κ1) is 13.6. The maximum absolute atomic E-state index is 5.50. The first-order chi connectivity index (χ1) is 6.45. The van der Waals surface area contributed by atoms with Crippen LogP contribution in [0, 0.1) is 0 Å². The van der Waals surface area contributed by atoms with E-state index in [1.807, 2.05) is 27.8 Å². The van der Waals surface area contributed by atoms with Crippen molar-refractivity contribution in [3.8, 4) is 0 Å². The van der Waals surface area contributed by atoms with Crippen LogP contribution in [0.15, 0.2) is 12.2 Å². The van der Waals surface area contributed by atoms with Gasteiger partial charge in [-0.3, -0.25) is 0 Å². The lowest BCUT2D eigenvalue weighted by Crippen LogP contribution is -2.22. The minimum atomic E-state index is -0.0780. The Balaban J connectivity index is 3.26. The van der Waals surface area contributed by atoms with E-state index in [-0.39, 0.29) is 5.60 Å². The maximum atomic E-state index is 5.50. The second-order valence-corrected chi connectivity index (χ2v) is 4.29. The molecular formula is C11H23NO2. The SMILES string of the molecule is C=C(CNC)COCCOC(C)(C)C. The lowest BCUT2D eigenvalue weighted by molar-refractivity contribution is -0.0320. The molecule has 0 bridgehead atoms. The molecule has 0 aliphatic heterocycles. The third-order valence-electron chi connectivity index (χ3n) is 1.50. The molecule has 0 radical (unpaired) electrons. The Morgan fingerprint density at radius 1 is 1.29 bits per heavy atom. The Hall–Kier alpha value is -0.380. The molecule has 1 N–H and O–H groups in total. The second kappa shape index (κ2) is 6.98. The van der Waals surface area contributed by atoms with Crippen LogP contribution in [0.5, 0.6) is 0 Å². The number of nitrogens with one attached hydrogen (secondary N) is 1. The Morgan fingerprint density at radius 2 is 1.93 bits per heavy atom. The highest BCUT2D eigenvalue weighted by Crippen LogP contribution is 2.05. The molecule has 0 aromatic carbocycles. The van der Waals surface area contributed by atoms with E-state index in [0.29, 0.717) is 19.8 Å². The van der Waals surface area contributed by atoms with Gasteiger partial charge in [-0.05, 0) is 33.4 Å². The van der Waals surface area contributed by atoms with E-state index in [1.54, 1.807) is 0 Å². The van der Waals surface area contributed by atoms with Crippen LogP contribution in [0.1, 0.15) is 20.8 Å². The van der Waals surface area contributed by atoms with Crippen molar-refractivity contribution in [2.45, 2.75) is 26.4 Å². The summed E-state index contributed by atoms with van der Waals surface area (Å²) in [6.07, 6.45) is 0. The van der Waals surface area contributed by atoms with Gasteiger partial charge in [0.05, 0.1) is 25.4 Å². The van der Waals surface area contributed by atoms with Crippen LogP contribution in [-0.4, -0.2) is 39.0 Å². The van der Waals surface area contributed by atoms with Crippen LogP contribution < -0.4 is 5.32 Å². The van der Waals surface area contributed by atoms with Gasteiger partial charge in [-0.15, -0.1) is 0 Å². The fraction of sp³-hybridized carbons (Fsp3) is 0.818. The summed E-state index contributed by atoms with van der Waals surface area (Å²) in [7, 11) is 1.90. The Bertz CT molecular complexity index is 161. The van der Waals surface area contributed by atoms with Crippen molar-refractivity contribution in [1.29, 1.82) is 0 Å². The molecule has 14 heavy (non-hydrogen) atoms. The Kier molecular flexibility index (Phi) is 6.79. The van der Waals surface area contributed by atoms with Gasteiger partial charge in [0.2, 0.25) is 0 Å². The van der Waals surface area contributed by atoms with Crippen molar-refractivity contribution in [2.75, 3.05) is 33.4 Å². The molecule has 84 valence electrons. The molecule has 3 nitrogen and oxygen atoms in total. The van der Waals surface area contributed by atoms with Crippen molar-refractivity contribution in [3.63, 3.8) is 0 Å². The summed E-state index contributed by atoms with van der Waals surface area (Å²) < 4.78 is 10.9.